The number of likely N-dealkylation sites (N-methyl/N-ethyl adjacent to an activating group) is 1. The largest absolute Gasteiger partial charge is 0.392 e. The number of benzene rings is 1. The quantitative estimate of drug-likeness (QED) is 0.797. The van der Waals surface area contributed by atoms with Gasteiger partial charge in [0.1, 0.15) is 0 Å². The second kappa shape index (κ2) is 6.66. The van der Waals surface area contributed by atoms with Gasteiger partial charge >= 0.3 is 0 Å². The summed E-state index contributed by atoms with van der Waals surface area (Å²) >= 11 is 0. The van der Waals surface area contributed by atoms with Crippen LogP contribution in [0.4, 0.5) is 0 Å². The molecule has 0 saturated heterocycles. The molecule has 2 unspecified atom stereocenters. The van der Waals surface area contributed by atoms with E-state index in [1.54, 1.807) is 0 Å². The molecule has 2 nitrogen and oxygen atoms in total. The number of nitrogens with zero attached hydrogens (tertiary/aromatic N) is 1. The Bertz CT molecular complexity index is 286. The molecular formula is C14H23NO. The summed E-state index contributed by atoms with van der Waals surface area (Å²) < 4.78 is 0. The molecule has 16 heavy (non-hydrogen) atoms. The highest BCUT2D eigenvalue weighted by atomic mass is 16.3. The number of hydrogen-bond acceptors (Lipinski definition) is 2. The van der Waals surface area contributed by atoms with Crippen molar-refractivity contribution in [1.29, 1.82) is 0 Å². The minimum Gasteiger partial charge on any atom is -0.392 e. The van der Waals surface area contributed by atoms with Gasteiger partial charge in [-0.2, -0.15) is 0 Å². The standard InChI is InChI=1S/C14H23NO/c1-4-14(16)12(2)15(3)11-10-13-8-6-5-7-9-13/h5-9,12,14,16H,4,10-11H2,1-3H3. The molecule has 0 aliphatic carbocycles. The summed E-state index contributed by atoms with van der Waals surface area (Å²) in [6, 6.07) is 10.7. The van der Waals surface area contributed by atoms with Gasteiger partial charge in [-0.25, -0.2) is 0 Å². The van der Waals surface area contributed by atoms with Crippen LogP contribution in [0, 0.1) is 0 Å². The third kappa shape index (κ3) is 3.95. The van der Waals surface area contributed by atoms with Gasteiger partial charge in [-0.3, -0.25) is 0 Å². The number of hydrogen-bond donors (Lipinski definition) is 1. The average molecular weight is 221 g/mol. The first kappa shape index (κ1) is 13.2. The van der Waals surface area contributed by atoms with E-state index in [0.29, 0.717) is 0 Å². The number of aliphatic hydroxyl groups is 1. The normalized spacial score (nSPS) is 15.1. The lowest BCUT2D eigenvalue weighted by molar-refractivity contribution is 0.0707. The maximum Gasteiger partial charge on any atom is 0.0690 e. The second-order valence-electron chi connectivity index (χ2n) is 4.43. The van der Waals surface area contributed by atoms with Gasteiger partial charge < -0.3 is 10.0 Å². The molecule has 1 rings (SSSR count). The van der Waals surface area contributed by atoms with Crippen LogP contribution in [-0.2, 0) is 6.42 Å². The molecule has 0 radical (unpaired) electrons. The monoisotopic (exact) mass is 221 g/mol. The van der Waals surface area contributed by atoms with E-state index < -0.39 is 0 Å². The highest BCUT2D eigenvalue weighted by Gasteiger charge is 2.16. The molecule has 0 aromatic heterocycles. The third-order valence-corrected chi connectivity index (χ3v) is 3.27. The van der Waals surface area contributed by atoms with Crippen LogP contribution in [0.5, 0.6) is 0 Å². The smallest absolute Gasteiger partial charge is 0.0690 e. The van der Waals surface area contributed by atoms with Gasteiger partial charge in [0.25, 0.3) is 0 Å². The number of aliphatic hydroxyl groups excluding tert-OH is 1. The Kier molecular flexibility index (Phi) is 5.50. The van der Waals surface area contributed by atoms with Crippen LogP contribution in [-0.4, -0.2) is 35.7 Å². The van der Waals surface area contributed by atoms with E-state index >= 15 is 0 Å². The molecule has 0 amide bonds. The Morgan fingerprint density at radius 2 is 1.88 bits per heavy atom. The van der Waals surface area contributed by atoms with Crippen molar-refractivity contribution in [3.63, 3.8) is 0 Å². The second-order valence-corrected chi connectivity index (χ2v) is 4.43. The lowest BCUT2D eigenvalue weighted by Crippen LogP contribution is -2.39. The molecule has 1 aromatic carbocycles. The maximum atomic E-state index is 9.75. The summed E-state index contributed by atoms with van der Waals surface area (Å²) in [5, 5.41) is 9.75. The molecule has 1 aromatic rings. The summed E-state index contributed by atoms with van der Waals surface area (Å²) in [5.41, 5.74) is 1.35. The van der Waals surface area contributed by atoms with Crippen molar-refractivity contribution in [2.45, 2.75) is 38.8 Å². The van der Waals surface area contributed by atoms with Crippen LogP contribution >= 0.6 is 0 Å². The van der Waals surface area contributed by atoms with Crippen LogP contribution in [0.3, 0.4) is 0 Å². The van der Waals surface area contributed by atoms with E-state index in [0.717, 1.165) is 19.4 Å². The fourth-order valence-electron chi connectivity index (χ4n) is 1.79. The van der Waals surface area contributed by atoms with Gasteiger partial charge in [-0.05, 0) is 32.4 Å². The Balaban J connectivity index is 2.38. The minimum absolute atomic E-state index is 0.222. The Morgan fingerprint density at radius 3 is 2.44 bits per heavy atom. The minimum atomic E-state index is -0.222. The van der Waals surface area contributed by atoms with Crippen molar-refractivity contribution >= 4 is 0 Å². The topological polar surface area (TPSA) is 23.5 Å². The number of rotatable bonds is 6. The zero-order chi connectivity index (χ0) is 12.0. The van der Waals surface area contributed by atoms with E-state index in [-0.39, 0.29) is 12.1 Å². The molecule has 90 valence electrons. The molecule has 0 saturated carbocycles. The van der Waals surface area contributed by atoms with Gasteiger partial charge in [0.15, 0.2) is 0 Å². The van der Waals surface area contributed by atoms with Crippen LogP contribution in [0.25, 0.3) is 0 Å². The Labute approximate surface area is 98.9 Å². The van der Waals surface area contributed by atoms with Gasteiger partial charge in [0, 0.05) is 12.6 Å². The first-order valence-electron chi connectivity index (χ1n) is 6.07. The average Bonchev–Trinajstić information content (AvgIpc) is 2.35. The van der Waals surface area contributed by atoms with Crippen LogP contribution in [0.2, 0.25) is 0 Å². The molecule has 2 atom stereocenters. The molecule has 0 spiro atoms. The molecule has 0 bridgehead atoms. The first-order chi connectivity index (χ1) is 7.65. The molecule has 0 heterocycles. The molecule has 0 fully saturated rings. The SMILES string of the molecule is CCC(O)C(C)N(C)CCc1ccccc1. The van der Waals surface area contributed by atoms with Crippen molar-refractivity contribution in [1.82, 2.24) is 4.90 Å². The van der Waals surface area contributed by atoms with E-state index in [9.17, 15) is 5.11 Å². The first-order valence-corrected chi connectivity index (χ1v) is 6.07. The van der Waals surface area contributed by atoms with Crippen molar-refractivity contribution in [3.05, 3.63) is 35.9 Å². The van der Waals surface area contributed by atoms with E-state index in [1.165, 1.54) is 5.56 Å². The van der Waals surface area contributed by atoms with Crippen molar-refractivity contribution in [3.8, 4) is 0 Å². The third-order valence-electron chi connectivity index (χ3n) is 3.27. The summed E-state index contributed by atoms with van der Waals surface area (Å²) in [6.07, 6.45) is 1.63. The van der Waals surface area contributed by atoms with E-state index in [1.807, 2.05) is 13.0 Å². The van der Waals surface area contributed by atoms with E-state index in [2.05, 4.69) is 43.1 Å². The Hall–Kier alpha value is -0.860. The zero-order valence-corrected chi connectivity index (χ0v) is 10.6. The highest BCUT2D eigenvalue weighted by molar-refractivity contribution is 5.14. The predicted octanol–water partition coefficient (Wildman–Crippen LogP) is 2.32. The van der Waals surface area contributed by atoms with Crippen molar-refractivity contribution in [2.75, 3.05) is 13.6 Å². The highest BCUT2D eigenvalue weighted by Crippen LogP contribution is 2.07. The molecule has 0 aliphatic rings. The van der Waals surface area contributed by atoms with Crippen LogP contribution in [0.1, 0.15) is 25.8 Å². The summed E-state index contributed by atoms with van der Waals surface area (Å²) in [4.78, 5) is 2.22. The van der Waals surface area contributed by atoms with Gasteiger partial charge in [-0.15, -0.1) is 0 Å². The Morgan fingerprint density at radius 1 is 1.25 bits per heavy atom. The van der Waals surface area contributed by atoms with Crippen molar-refractivity contribution < 1.29 is 5.11 Å². The molecular weight excluding hydrogens is 198 g/mol. The summed E-state index contributed by atoms with van der Waals surface area (Å²) in [6.45, 7) is 5.09. The van der Waals surface area contributed by atoms with Gasteiger partial charge in [0.2, 0.25) is 0 Å². The fraction of sp³-hybridized carbons (Fsp3) is 0.571. The lowest BCUT2D eigenvalue weighted by Gasteiger charge is -2.28. The van der Waals surface area contributed by atoms with Crippen LogP contribution in [0.15, 0.2) is 30.3 Å². The summed E-state index contributed by atoms with van der Waals surface area (Å²) in [5.74, 6) is 0. The van der Waals surface area contributed by atoms with Gasteiger partial charge in [-0.1, -0.05) is 37.3 Å². The van der Waals surface area contributed by atoms with Crippen LogP contribution < -0.4 is 0 Å². The maximum absolute atomic E-state index is 9.75. The summed E-state index contributed by atoms with van der Waals surface area (Å²) in [7, 11) is 2.08. The lowest BCUT2D eigenvalue weighted by atomic mass is 10.1. The fourth-order valence-corrected chi connectivity index (χ4v) is 1.79. The molecule has 0 aliphatic heterocycles. The molecule has 2 heteroatoms. The van der Waals surface area contributed by atoms with E-state index in [4.69, 9.17) is 0 Å². The molecule has 1 N–H and O–H groups in total. The zero-order valence-electron chi connectivity index (χ0n) is 10.6. The predicted molar refractivity (Wildman–Crippen MR) is 68.5 cm³/mol. The van der Waals surface area contributed by atoms with Gasteiger partial charge in [0.05, 0.1) is 6.10 Å². The van der Waals surface area contributed by atoms with Crippen molar-refractivity contribution in [2.24, 2.45) is 0 Å².